The van der Waals surface area contributed by atoms with Crippen LogP contribution in [0.25, 0.3) is 10.9 Å². The molecule has 142 valence electrons. The number of aliphatic hydroxyl groups excluding tert-OH is 1. The number of ether oxygens (including phenoxy) is 1. The molecule has 6 heteroatoms. The monoisotopic (exact) mass is 375 g/mol. The van der Waals surface area contributed by atoms with Gasteiger partial charge in [0.05, 0.1) is 29.8 Å². The predicted octanol–water partition coefficient (Wildman–Crippen LogP) is 3.65. The second-order valence-electron chi connectivity index (χ2n) is 6.80. The summed E-state index contributed by atoms with van der Waals surface area (Å²) in [5.74, 6) is 1.08. The van der Waals surface area contributed by atoms with E-state index in [9.17, 15) is 9.90 Å². The maximum atomic E-state index is 12.4. The van der Waals surface area contributed by atoms with E-state index in [1.165, 1.54) is 0 Å². The van der Waals surface area contributed by atoms with E-state index in [4.69, 9.17) is 10.00 Å². The minimum absolute atomic E-state index is 0.118. The molecular weight excluding hydrogens is 354 g/mol. The van der Waals surface area contributed by atoms with Gasteiger partial charge in [-0.05, 0) is 54.4 Å². The molecule has 3 aromatic rings. The number of pyridine rings is 1. The number of hydrogen-bond donors (Lipinski definition) is 2. The van der Waals surface area contributed by atoms with Gasteiger partial charge in [-0.15, -0.1) is 0 Å². The summed E-state index contributed by atoms with van der Waals surface area (Å²) in [5, 5.41) is 21.9. The predicted molar refractivity (Wildman–Crippen MR) is 106 cm³/mol. The number of nitrogens with one attached hydrogen (secondary N) is 1. The Hall–Kier alpha value is -3.43. The molecule has 28 heavy (non-hydrogen) atoms. The topological polar surface area (TPSA) is 95.2 Å². The number of rotatable bonds is 6. The number of aliphatic hydroxyl groups is 1. The maximum absolute atomic E-state index is 12.4. The van der Waals surface area contributed by atoms with E-state index >= 15 is 0 Å². The zero-order valence-electron chi connectivity index (χ0n) is 15.7. The van der Waals surface area contributed by atoms with Gasteiger partial charge in [-0.25, -0.2) is 4.98 Å². The van der Waals surface area contributed by atoms with Crippen LogP contribution >= 0.6 is 0 Å². The van der Waals surface area contributed by atoms with E-state index in [-0.39, 0.29) is 24.5 Å². The number of hydrogen-bond acceptors (Lipinski definition) is 5. The summed E-state index contributed by atoms with van der Waals surface area (Å²) >= 11 is 0. The second kappa shape index (κ2) is 8.51. The summed E-state index contributed by atoms with van der Waals surface area (Å²) in [6, 6.07) is 17.5. The van der Waals surface area contributed by atoms with Crippen molar-refractivity contribution in [3.05, 3.63) is 65.9 Å². The van der Waals surface area contributed by atoms with Crippen molar-refractivity contribution in [3.8, 4) is 17.6 Å². The molecule has 1 atom stereocenters. The molecule has 1 aromatic heterocycles. The lowest BCUT2D eigenvalue weighted by Gasteiger charge is -2.19. The lowest BCUT2D eigenvalue weighted by Crippen LogP contribution is -2.41. The van der Waals surface area contributed by atoms with E-state index in [1.54, 1.807) is 42.5 Å². The minimum atomic E-state index is -0.312. The van der Waals surface area contributed by atoms with Gasteiger partial charge in [-0.3, -0.25) is 4.79 Å². The highest BCUT2D eigenvalue weighted by Crippen LogP contribution is 2.25. The van der Waals surface area contributed by atoms with E-state index < -0.39 is 0 Å². The number of nitrogens with zero attached hydrogens (tertiary/aromatic N) is 2. The summed E-state index contributed by atoms with van der Waals surface area (Å²) in [6.07, 6.45) is 0. The van der Waals surface area contributed by atoms with Crippen molar-refractivity contribution in [1.82, 2.24) is 10.3 Å². The first-order valence-electron chi connectivity index (χ1n) is 9.00. The standard InChI is InChI=1S/C22H21N3O3/c1-14(2)21(13-26)25-22(27)20-9-5-16-11-18(8-10-19(16)24-20)28-17-6-3-15(12-23)4-7-17/h3-11,14,21,26H,13H2,1-2H3,(H,25,27)/t21-/m0/s1. The number of aromatic nitrogens is 1. The number of amides is 1. The van der Waals surface area contributed by atoms with Crippen LogP contribution in [0.4, 0.5) is 0 Å². The van der Waals surface area contributed by atoms with E-state index in [2.05, 4.69) is 16.4 Å². The van der Waals surface area contributed by atoms with Crippen molar-refractivity contribution in [2.45, 2.75) is 19.9 Å². The van der Waals surface area contributed by atoms with Crippen molar-refractivity contribution < 1.29 is 14.6 Å². The van der Waals surface area contributed by atoms with Crippen LogP contribution in [0.2, 0.25) is 0 Å². The van der Waals surface area contributed by atoms with Crippen molar-refractivity contribution in [2.24, 2.45) is 5.92 Å². The summed E-state index contributed by atoms with van der Waals surface area (Å²) in [7, 11) is 0. The zero-order chi connectivity index (χ0) is 20.1. The molecule has 0 aliphatic carbocycles. The summed E-state index contributed by atoms with van der Waals surface area (Å²) in [6.45, 7) is 3.75. The highest BCUT2D eigenvalue weighted by Gasteiger charge is 2.17. The van der Waals surface area contributed by atoms with E-state index in [1.807, 2.05) is 26.0 Å². The molecule has 1 heterocycles. The molecule has 0 saturated carbocycles. The van der Waals surface area contributed by atoms with Crippen LogP contribution in [-0.4, -0.2) is 28.6 Å². The van der Waals surface area contributed by atoms with Gasteiger partial charge in [-0.2, -0.15) is 5.26 Å². The second-order valence-corrected chi connectivity index (χ2v) is 6.80. The number of carbonyl (C=O) groups is 1. The summed E-state index contributed by atoms with van der Waals surface area (Å²) in [5.41, 5.74) is 1.54. The highest BCUT2D eigenvalue weighted by atomic mass is 16.5. The van der Waals surface area contributed by atoms with Crippen LogP contribution in [0, 0.1) is 17.2 Å². The fourth-order valence-corrected chi connectivity index (χ4v) is 2.69. The molecule has 6 nitrogen and oxygen atoms in total. The van der Waals surface area contributed by atoms with Crippen LogP contribution in [0.15, 0.2) is 54.6 Å². The Bertz CT molecular complexity index is 1020. The quantitative estimate of drug-likeness (QED) is 0.686. The molecule has 2 aromatic carbocycles. The van der Waals surface area contributed by atoms with Gasteiger partial charge in [0.15, 0.2) is 0 Å². The molecule has 0 aliphatic rings. The molecular formula is C22H21N3O3. The molecule has 0 spiro atoms. The molecule has 2 N–H and O–H groups in total. The SMILES string of the molecule is CC(C)[C@H](CO)NC(=O)c1ccc2cc(Oc3ccc(C#N)cc3)ccc2n1. The van der Waals surface area contributed by atoms with Gasteiger partial charge in [0.2, 0.25) is 0 Å². The molecule has 0 radical (unpaired) electrons. The molecule has 0 fully saturated rings. The fraction of sp³-hybridized carbons (Fsp3) is 0.227. The van der Waals surface area contributed by atoms with Crippen molar-refractivity contribution in [2.75, 3.05) is 6.61 Å². The molecule has 0 bridgehead atoms. The van der Waals surface area contributed by atoms with Crippen molar-refractivity contribution >= 4 is 16.8 Å². The van der Waals surface area contributed by atoms with Gasteiger partial charge in [0.25, 0.3) is 5.91 Å². The van der Waals surface area contributed by atoms with Crippen molar-refractivity contribution in [3.63, 3.8) is 0 Å². The van der Waals surface area contributed by atoms with Crippen LogP contribution < -0.4 is 10.1 Å². The Kier molecular flexibility index (Phi) is 5.87. The fourth-order valence-electron chi connectivity index (χ4n) is 2.69. The lowest BCUT2D eigenvalue weighted by atomic mass is 10.1. The van der Waals surface area contributed by atoms with Crippen LogP contribution in [0.3, 0.4) is 0 Å². The maximum Gasteiger partial charge on any atom is 0.270 e. The average molecular weight is 375 g/mol. The minimum Gasteiger partial charge on any atom is -0.457 e. The Morgan fingerprint density at radius 2 is 1.86 bits per heavy atom. The normalized spacial score (nSPS) is 11.8. The first-order valence-corrected chi connectivity index (χ1v) is 9.00. The molecule has 3 rings (SSSR count). The van der Waals surface area contributed by atoms with Crippen LogP contribution in [0.5, 0.6) is 11.5 Å². The highest BCUT2D eigenvalue weighted by molar-refractivity contribution is 5.95. The van der Waals surface area contributed by atoms with Gasteiger partial charge in [0.1, 0.15) is 17.2 Å². The Morgan fingerprint density at radius 1 is 1.14 bits per heavy atom. The number of fused-ring (bicyclic) bond motifs is 1. The third-order valence-corrected chi connectivity index (χ3v) is 4.43. The van der Waals surface area contributed by atoms with Gasteiger partial charge in [-0.1, -0.05) is 19.9 Å². The first-order chi connectivity index (χ1) is 13.5. The summed E-state index contributed by atoms with van der Waals surface area (Å²) < 4.78 is 5.81. The van der Waals surface area contributed by atoms with E-state index in [0.717, 1.165) is 5.39 Å². The Balaban J connectivity index is 1.77. The zero-order valence-corrected chi connectivity index (χ0v) is 15.7. The van der Waals surface area contributed by atoms with Crippen molar-refractivity contribution in [1.29, 1.82) is 5.26 Å². The largest absolute Gasteiger partial charge is 0.457 e. The summed E-state index contributed by atoms with van der Waals surface area (Å²) in [4.78, 5) is 16.8. The number of nitriles is 1. The lowest BCUT2D eigenvalue weighted by molar-refractivity contribution is 0.0892. The third kappa shape index (κ3) is 4.45. The van der Waals surface area contributed by atoms with Crippen LogP contribution in [-0.2, 0) is 0 Å². The van der Waals surface area contributed by atoms with E-state index in [0.29, 0.717) is 28.3 Å². The van der Waals surface area contributed by atoms with Gasteiger partial charge < -0.3 is 15.2 Å². The number of benzene rings is 2. The molecule has 1 amide bonds. The smallest absolute Gasteiger partial charge is 0.270 e. The average Bonchev–Trinajstić information content (AvgIpc) is 2.71. The van der Waals surface area contributed by atoms with Crippen LogP contribution in [0.1, 0.15) is 29.9 Å². The third-order valence-electron chi connectivity index (χ3n) is 4.43. The first kappa shape index (κ1) is 19.3. The van der Waals surface area contributed by atoms with Gasteiger partial charge in [0, 0.05) is 5.39 Å². The molecule has 0 aliphatic heterocycles. The molecule has 0 unspecified atom stereocenters. The number of carbonyl (C=O) groups excluding carboxylic acids is 1. The Morgan fingerprint density at radius 3 is 2.50 bits per heavy atom. The molecule has 0 saturated heterocycles. The Labute approximate surface area is 163 Å². The van der Waals surface area contributed by atoms with Gasteiger partial charge >= 0.3 is 0 Å².